The van der Waals surface area contributed by atoms with Gasteiger partial charge in [-0.05, 0) is 25.2 Å². The number of ether oxygens (including phenoxy) is 1. The molecule has 1 heterocycles. The van der Waals surface area contributed by atoms with Crippen LogP contribution in [-0.4, -0.2) is 43.3 Å². The van der Waals surface area contributed by atoms with Gasteiger partial charge in [0.05, 0.1) is 6.10 Å². The van der Waals surface area contributed by atoms with Gasteiger partial charge in [-0.25, -0.2) is 0 Å². The van der Waals surface area contributed by atoms with E-state index in [1.54, 1.807) is 0 Å². The van der Waals surface area contributed by atoms with Crippen molar-refractivity contribution in [1.82, 2.24) is 4.90 Å². The second-order valence-electron chi connectivity index (χ2n) is 5.23. The van der Waals surface area contributed by atoms with E-state index in [2.05, 4.69) is 25.7 Å². The van der Waals surface area contributed by atoms with E-state index in [1.165, 1.54) is 6.42 Å². The Morgan fingerprint density at radius 3 is 2.56 bits per heavy atom. The molecule has 3 atom stereocenters. The third kappa shape index (κ3) is 3.19. The van der Waals surface area contributed by atoms with Gasteiger partial charge in [-0.2, -0.15) is 0 Å². The molecule has 3 nitrogen and oxygen atoms in total. The molecule has 3 heteroatoms. The van der Waals surface area contributed by atoms with Crippen molar-refractivity contribution >= 4 is 0 Å². The number of piperidine rings is 1. The molecule has 1 rings (SSSR count). The van der Waals surface area contributed by atoms with Crippen LogP contribution in [0, 0.1) is 5.92 Å². The molecule has 3 unspecified atom stereocenters. The van der Waals surface area contributed by atoms with Crippen molar-refractivity contribution in [3.63, 3.8) is 0 Å². The zero-order valence-electron chi connectivity index (χ0n) is 11.3. The maximum atomic E-state index is 5.91. The molecule has 0 bridgehead atoms. The summed E-state index contributed by atoms with van der Waals surface area (Å²) in [5, 5.41) is 0. The lowest BCUT2D eigenvalue weighted by atomic mass is 9.92. The van der Waals surface area contributed by atoms with E-state index >= 15 is 0 Å². The van der Waals surface area contributed by atoms with Gasteiger partial charge < -0.3 is 10.5 Å². The summed E-state index contributed by atoms with van der Waals surface area (Å²) in [6.07, 6.45) is 3.87. The standard InChI is InChI=1S/C13H28N2O/c1-5-13(10(2)3)15-7-6-12(16-4)8-11(15)9-14/h10-13H,5-9,14H2,1-4H3. The van der Waals surface area contributed by atoms with E-state index in [0.29, 0.717) is 24.1 Å². The van der Waals surface area contributed by atoms with Crippen molar-refractivity contribution in [3.05, 3.63) is 0 Å². The van der Waals surface area contributed by atoms with Crippen molar-refractivity contribution in [2.24, 2.45) is 11.7 Å². The van der Waals surface area contributed by atoms with Crippen LogP contribution in [0.15, 0.2) is 0 Å². The molecule has 96 valence electrons. The minimum Gasteiger partial charge on any atom is -0.381 e. The Morgan fingerprint density at radius 2 is 2.12 bits per heavy atom. The van der Waals surface area contributed by atoms with Gasteiger partial charge in [0.15, 0.2) is 0 Å². The fraction of sp³-hybridized carbons (Fsp3) is 1.00. The van der Waals surface area contributed by atoms with E-state index in [4.69, 9.17) is 10.5 Å². The zero-order valence-corrected chi connectivity index (χ0v) is 11.3. The molecular formula is C13H28N2O. The molecule has 1 aliphatic rings. The highest BCUT2D eigenvalue weighted by Crippen LogP contribution is 2.25. The van der Waals surface area contributed by atoms with E-state index < -0.39 is 0 Å². The van der Waals surface area contributed by atoms with Crippen LogP contribution in [0.4, 0.5) is 0 Å². The van der Waals surface area contributed by atoms with Crippen molar-refractivity contribution in [1.29, 1.82) is 0 Å². The van der Waals surface area contributed by atoms with Crippen LogP contribution in [0.5, 0.6) is 0 Å². The minimum absolute atomic E-state index is 0.412. The van der Waals surface area contributed by atoms with Gasteiger partial charge in [0.25, 0.3) is 0 Å². The van der Waals surface area contributed by atoms with Crippen LogP contribution in [-0.2, 0) is 4.74 Å². The SMILES string of the molecule is CCC(C(C)C)N1CCC(OC)CC1CN. The molecule has 1 fully saturated rings. The molecule has 1 saturated heterocycles. The number of hydrogen-bond acceptors (Lipinski definition) is 3. The first-order chi connectivity index (χ1) is 7.63. The summed E-state index contributed by atoms with van der Waals surface area (Å²) in [5.41, 5.74) is 5.91. The fourth-order valence-electron chi connectivity index (χ4n) is 3.00. The van der Waals surface area contributed by atoms with Crippen molar-refractivity contribution < 1.29 is 4.74 Å². The third-order valence-corrected chi connectivity index (χ3v) is 3.93. The Bertz CT molecular complexity index is 196. The molecular weight excluding hydrogens is 200 g/mol. The third-order valence-electron chi connectivity index (χ3n) is 3.93. The maximum absolute atomic E-state index is 5.91. The van der Waals surface area contributed by atoms with Gasteiger partial charge >= 0.3 is 0 Å². The highest BCUT2D eigenvalue weighted by Gasteiger charge is 2.32. The number of nitrogens with two attached hydrogens (primary N) is 1. The maximum Gasteiger partial charge on any atom is 0.0599 e. The molecule has 0 amide bonds. The zero-order chi connectivity index (χ0) is 12.1. The van der Waals surface area contributed by atoms with Gasteiger partial charge in [-0.3, -0.25) is 4.90 Å². The van der Waals surface area contributed by atoms with Gasteiger partial charge in [-0.15, -0.1) is 0 Å². The molecule has 1 aliphatic heterocycles. The molecule has 0 saturated carbocycles. The summed E-state index contributed by atoms with van der Waals surface area (Å²) in [5.74, 6) is 0.707. The second-order valence-corrected chi connectivity index (χ2v) is 5.23. The fourth-order valence-corrected chi connectivity index (χ4v) is 3.00. The monoisotopic (exact) mass is 228 g/mol. The first kappa shape index (κ1) is 13.9. The summed E-state index contributed by atoms with van der Waals surface area (Å²) in [6.45, 7) is 8.79. The molecule has 0 radical (unpaired) electrons. The number of hydrogen-bond donors (Lipinski definition) is 1. The number of methoxy groups -OCH3 is 1. The van der Waals surface area contributed by atoms with E-state index in [-0.39, 0.29) is 0 Å². The van der Waals surface area contributed by atoms with Crippen LogP contribution < -0.4 is 5.73 Å². The van der Waals surface area contributed by atoms with E-state index in [1.807, 2.05) is 7.11 Å². The topological polar surface area (TPSA) is 38.5 Å². The van der Waals surface area contributed by atoms with Crippen molar-refractivity contribution in [2.45, 2.75) is 58.2 Å². The average molecular weight is 228 g/mol. The minimum atomic E-state index is 0.412. The van der Waals surface area contributed by atoms with Gasteiger partial charge in [0.2, 0.25) is 0 Å². The van der Waals surface area contributed by atoms with E-state index in [9.17, 15) is 0 Å². The number of likely N-dealkylation sites (tertiary alicyclic amines) is 1. The summed E-state index contributed by atoms with van der Waals surface area (Å²) in [6, 6.07) is 1.18. The predicted octanol–water partition coefficient (Wildman–Crippen LogP) is 1.86. The Morgan fingerprint density at radius 1 is 1.44 bits per heavy atom. The Hall–Kier alpha value is -0.120. The summed E-state index contributed by atoms with van der Waals surface area (Å²) in [4.78, 5) is 2.61. The molecule has 0 aliphatic carbocycles. The highest BCUT2D eigenvalue weighted by atomic mass is 16.5. The van der Waals surface area contributed by atoms with Crippen LogP contribution in [0.25, 0.3) is 0 Å². The quantitative estimate of drug-likeness (QED) is 0.780. The smallest absolute Gasteiger partial charge is 0.0599 e. The number of nitrogens with zero attached hydrogens (tertiary/aromatic N) is 1. The summed E-state index contributed by atoms with van der Waals surface area (Å²) in [7, 11) is 1.81. The lowest BCUT2D eigenvalue weighted by molar-refractivity contribution is -0.0137. The van der Waals surface area contributed by atoms with E-state index in [0.717, 1.165) is 25.9 Å². The normalized spacial score (nSPS) is 29.6. The Labute approximate surface area is 100 Å². The first-order valence-corrected chi connectivity index (χ1v) is 6.62. The van der Waals surface area contributed by atoms with Gasteiger partial charge in [0.1, 0.15) is 0 Å². The lowest BCUT2D eigenvalue weighted by Crippen LogP contribution is -2.54. The average Bonchev–Trinajstić information content (AvgIpc) is 2.29. The summed E-state index contributed by atoms with van der Waals surface area (Å²) < 4.78 is 5.46. The summed E-state index contributed by atoms with van der Waals surface area (Å²) >= 11 is 0. The molecule has 0 aromatic heterocycles. The molecule has 0 aromatic carbocycles. The first-order valence-electron chi connectivity index (χ1n) is 6.62. The van der Waals surface area contributed by atoms with Crippen LogP contribution in [0.2, 0.25) is 0 Å². The van der Waals surface area contributed by atoms with Gasteiger partial charge in [-0.1, -0.05) is 20.8 Å². The lowest BCUT2D eigenvalue weighted by Gasteiger charge is -2.44. The molecule has 2 N–H and O–H groups in total. The van der Waals surface area contributed by atoms with Gasteiger partial charge in [0, 0.05) is 32.3 Å². The Kier molecular flexibility index (Phi) is 5.73. The van der Waals surface area contributed by atoms with Crippen molar-refractivity contribution in [2.75, 3.05) is 20.2 Å². The molecule has 16 heavy (non-hydrogen) atoms. The Balaban J connectivity index is 2.64. The molecule has 0 aromatic rings. The highest BCUT2D eigenvalue weighted by molar-refractivity contribution is 4.87. The predicted molar refractivity (Wildman–Crippen MR) is 68.5 cm³/mol. The molecule has 0 spiro atoms. The van der Waals surface area contributed by atoms with Crippen LogP contribution >= 0.6 is 0 Å². The van der Waals surface area contributed by atoms with Crippen molar-refractivity contribution in [3.8, 4) is 0 Å². The largest absolute Gasteiger partial charge is 0.381 e. The second kappa shape index (κ2) is 6.58. The van der Waals surface area contributed by atoms with Crippen LogP contribution in [0.3, 0.4) is 0 Å². The van der Waals surface area contributed by atoms with Crippen LogP contribution in [0.1, 0.15) is 40.0 Å². The number of rotatable bonds is 5.